The number of hydrogen-bond acceptors (Lipinski definition) is 3. The highest BCUT2D eigenvalue weighted by molar-refractivity contribution is 6.33. The molecule has 0 saturated heterocycles. The maximum atomic E-state index is 11.4. The average Bonchev–Trinajstić information content (AvgIpc) is 2.78. The summed E-state index contributed by atoms with van der Waals surface area (Å²) >= 11 is 6.31. The van der Waals surface area contributed by atoms with Crippen LogP contribution in [0.1, 0.15) is 32.7 Å². The first-order chi connectivity index (χ1) is 9.88. The van der Waals surface area contributed by atoms with Crippen LogP contribution in [0.15, 0.2) is 6.07 Å². The van der Waals surface area contributed by atoms with E-state index in [9.17, 15) is 9.90 Å². The number of halogens is 1. The van der Waals surface area contributed by atoms with Gasteiger partial charge in [-0.05, 0) is 43.5 Å². The normalized spacial score (nSPS) is 10.9. The fourth-order valence-electron chi connectivity index (χ4n) is 2.30. The van der Waals surface area contributed by atoms with Gasteiger partial charge in [0.15, 0.2) is 0 Å². The van der Waals surface area contributed by atoms with Crippen LogP contribution < -0.4 is 0 Å². The predicted molar refractivity (Wildman–Crippen MR) is 80.9 cm³/mol. The lowest BCUT2D eigenvalue weighted by Crippen LogP contribution is -2.04. The number of H-pyrrole nitrogens is 1. The van der Waals surface area contributed by atoms with Gasteiger partial charge in [0.1, 0.15) is 5.69 Å². The van der Waals surface area contributed by atoms with Crippen molar-refractivity contribution in [1.29, 1.82) is 0 Å². The van der Waals surface area contributed by atoms with Crippen LogP contribution in [0.5, 0.6) is 0 Å². The zero-order valence-electron chi connectivity index (χ0n) is 12.4. The van der Waals surface area contributed by atoms with Crippen molar-refractivity contribution < 1.29 is 14.6 Å². The summed E-state index contributed by atoms with van der Waals surface area (Å²) in [6.07, 6.45) is 0. The van der Waals surface area contributed by atoms with E-state index in [1.165, 1.54) is 0 Å². The molecule has 6 heteroatoms. The SMILES string of the molecule is COCc1[nH]nc(-c2cc(C(=O)O)c(C)c(C)c2C)c1Cl. The second kappa shape index (κ2) is 5.87. The molecular weight excluding hydrogens is 292 g/mol. The van der Waals surface area contributed by atoms with Gasteiger partial charge < -0.3 is 9.84 Å². The van der Waals surface area contributed by atoms with E-state index in [-0.39, 0.29) is 5.56 Å². The Morgan fingerprint density at radius 2 is 2.00 bits per heavy atom. The molecule has 0 aliphatic rings. The number of carboxylic acids is 1. The van der Waals surface area contributed by atoms with Gasteiger partial charge in [-0.3, -0.25) is 5.10 Å². The van der Waals surface area contributed by atoms with E-state index in [1.807, 2.05) is 13.8 Å². The zero-order valence-corrected chi connectivity index (χ0v) is 13.1. The van der Waals surface area contributed by atoms with Crippen LogP contribution in [0, 0.1) is 20.8 Å². The summed E-state index contributed by atoms with van der Waals surface area (Å²) in [4.78, 5) is 11.4. The Balaban J connectivity index is 2.67. The van der Waals surface area contributed by atoms with Crippen molar-refractivity contribution in [3.05, 3.63) is 39.0 Å². The van der Waals surface area contributed by atoms with Crippen LogP contribution in [-0.2, 0) is 11.3 Å². The maximum absolute atomic E-state index is 11.4. The molecule has 112 valence electrons. The van der Waals surface area contributed by atoms with Crippen molar-refractivity contribution in [1.82, 2.24) is 10.2 Å². The molecule has 2 N–H and O–H groups in total. The molecule has 0 amide bonds. The Bertz CT molecular complexity index is 707. The number of methoxy groups -OCH3 is 1. The van der Waals surface area contributed by atoms with Gasteiger partial charge in [-0.1, -0.05) is 11.6 Å². The van der Waals surface area contributed by atoms with Gasteiger partial charge in [0.05, 0.1) is 22.9 Å². The lowest BCUT2D eigenvalue weighted by atomic mass is 9.92. The van der Waals surface area contributed by atoms with Crippen LogP contribution in [0.3, 0.4) is 0 Å². The molecule has 0 fully saturated rings. The van der Waals surface area contributed by atoms with Gasteiger partial charge in [-0.25, -0.2) is 4.79 Å². The summed E-state index contributed by atoms with van der Waals surface area (Å²) < 4.78 is 5.04. The number of carbonyl (C=O) groups is 1. The van der Waals surface area contributed by atoms with Crippen LogP contribution in [-0.4, -0.2) is 28.4 Å². The number of aromatic carboxylic acids is 1. The number of ether oxygens (including phenoxy) is 1. The van der Waals surface area contributed by atoms with Crippen molar-refractivity contribution in [2.24, 2.45) is 0 Å². The van der Waals surface area contributed by atoms with Gasteiger partial charge in [0.25, 0.3) is 0 Å². The molecule has 1 aromatic carbocycles. The minimum Gasteiger partial charge on any atom is -0.478 e. The monoisotopic (exact) mass is 308 g/mol. The number of benzene rings is 1. The number of aromatic amines is 1. The third kappa shape index (κ3) is 2.66. The highest BCUT2D eigenvalue weighted by atomic mass is 35.5. The number of nitrogens with zero attached hydrogens (tertiary/aromatic N) is 1. The number of rotatable bonds is 4. The van der Waals surface area contributed by atoms with Gasteiger partial charge >= 0.3 is 5.97 Å². The molecule has 21 heavy (non-hydrogen) atoms. The van der Waals surface area contributed by atoms with E-state index in [1.54, 1.807) is 20.1 Å². The Kier molecular flexibility index (Phi) is 4.34. The highest BCUT2D eigenvalue weighted by Gasteiger charge is 2.20. The van der Waals surface area contributed by atoms with E-state index in [2.05, 4.69) is 10.2 Å². The largest absolute Gasteiger partial charge is 0.478 e. The van der Waals surface area contributed by atoms with E-state index < -0.39 is 5.97 Å². The minimum absolute atomic E-state index is 0.264. The van der Waals surface area contributed by atoms with E-state index in [4.69, 9.17) is 16.3 Å². The van der Waals surface area contributed by atoms with E-state index in [0.717, 1.165) is 22.3 Å². The molecule has 1 aromatic heterocycles. The molecule has 0 aliphatic heterocycles. The quantitative estimate of drug-likeness (QED) is 0.906. The molecule has 2 aromatic rings. The molecule has 0 aliphatic carbocycles. The highest BCUT2D eigenvalue weighted by Crippen LogP contribution is 2.34. The lowest BCUT2D eigenvalue weighted by molar-refractivity contribution is 0.0696. The van der Waals surface area contributed by atoms with Gasteiger partial charge in [0, 0.05) is 12.7 Å². The second-order valence-corrected chi connectivity index (χ2v) is 5.33. The predicted octanol–water partition coefficient (Wildman–Crippen LogP) is 3.50. The molecule has 0 saturated carbocycles. The first-order valence-corrected chi connectivity index (χ1v) is 6.82. The first kappa shape index (κ1) is 15.5. The Hall–Kier alpha value is -1.85. The van der Waals surface area contributed by atoms with Gasteiger partial charge in [-0.15, -0.1) is 0 Å². The van der Waals surface area contributed by atoms with Crippen molar-refractivity contribution in [3.63, 3.8) is 0 Å². The molecule has 0 atom stereocenters. The number of aromatic nitrogens is 2. The zero-order chi connectivity index (χ0) is 15.7. The summed E-state index contributed by atoms with van der Waals surface area (Å²) in [7, 11) is 1.57. The minimum atomic E-state index is -0.958. The van der Waals surface area contributed by atoms with Crippen LogP contribution >= 0.6 is 11.6 Å². The number of hydrogen-bond donors (Lipinski definition) is 2. The van der Waals surface area contributed by atoms with E-state index >= 15 is 0 Å². The number of carboxylic acid groups (broad SMARTS) is 1. The van der Waals surface area contributed by atoms with Crippen molar-refractivity contribution in [3.8, 4) is 11.3 Å². The average molecular weight is 309 g/mol. The summed E-state index contributed by atoms with van der Waals surface area (Å²) in [5.74, 6) is -0.958. The second-order valence-electron chi connectivity index (χ2n) is 4.95. The van der Waals surface area contributed by atoms with Gasteiger partial charge in [0.2, 0.25) is 0 Å². The molecule has 0 radical (unpaired) electrons. The van der Waals surface area contributed by atoms with Crippen LogP contribution in [0.25, 0.3) is 11.3 Å². The number of nitrogens with one attached hydrogen (secondary N) is 1. The first-order valence-electron chi connectivity index (χ1n) is 6.44. The molecule has 5 nitrogen and oxygen atoms in total. The van der Waals surface area contributed by atoms with E-state index in [0.29, 0.717) is 23.0 Å². The standard InChI is InChI=1S/C15H17ClN2O3/c1-7-8(2)10(5-11(9(7)3)15(19)20)14-13(16)12(6-21-4)17-18-14/h5H,6H2,1-4H3,(H,17,18)(H,19,20). The Morgan fingerprint density at radius 3 is 2.57 bits per heavy atom. The molecule has 2 rings (SSSR count). The topological polar surface area (TPSA) is 75.2 Å². The third-order valence-corrected chi connectivity index (χ3v) is 4.18. The summed E-state index contributed by atoms with van der Waals surface area (Å²) in [6.45, 7) is 5.96. The smallest absolute Gasteiger partial charge is 0.335 e. The molecule has 0 spiro atoms. The fraction of sp³-hybridized carbons (Fsp3) is 0.333. The molecule has 1 heterocycles. The Labute approximate surface area is 127 Å². The summed E-state index contributed by atoms with van der Waals surface area (Å²) in [6, 6.07) is 1.62. The van der Waals surface area contributed by atoms with Crippen LogP contribution in [0.2, 0.25) is 5.02 Å². The Morgan fingerprint density at radius 1 is 1.33 bits per heavy atom. The summed E-state index contributed by atoms with van der Waals surface area (Å²) in [5, 5.41) is 16.8. The van der Waals surface area contributed by atoms with Crippen molar-refractivity contribution in [2.45, 2.75) is 27.4 Å². The van der Waals surface area contributed by atoms with Crippen molar-refractivity contribution in [2.75, 3.05) is 7.11 Å². The lowest BCUT2D eigenvalue weighted by Gasteiger charge is -2.13. The van der Waals surface area contributed by atoms with Crippen molar-refractivity contribution >= 4 is 17.6 Å². The molecular formula is C15H17ClN2O3. The van der Waals surface area contributed by atoms with Crippen LogP contribution in [0.4, 0.5) is 0 Å². The fourth-order valence-corrected chi connectivity index (χ4v) is 2.54. The summed E-state index contributed by atoms with van der Waals surface area (Å²) in [5.41, 5.74) is 4.86. The maximum Gasteiger partial charge on any atom is 0.335 e. The van der Waals surface area contributed by atoms with Gasteiger partial charge in [-0.2, -0.15) is 5.10 Å². The molecule has 0 unspecified atom stereocenters. The molecule has 0 bridgehead atoms. The third-order valence-electron chi connectivity index (χ3n) is 3.77.